The molecule has 0 atom stereocenters. The Bertz CT molecular complexity index is 750. The van der Waals surface area contributed by atoms with Gasteiger partial charge in [-0.15, -0.1) is 0 Å². The summed E-state index contributed by atoms with van der Waals surface area (Å²) in [7, 11) is 1.65. The fraction of sp³-hybridized carbons (Fsp3) is 0.238. The van der Waals surface area contributed by atoms with Crippen LogP contribution in [0, 0.1) is 0 Å². The Balaban J connectivity index is 1.70. The number of hydrogen-bond acceptors (Lipinski definition) is 3. The van der Waals surface area contributed by atoms with Crippen molar-refractivity contribution in [2.75, 3.05) is 19.0 Å². The van der Waals surface area contributed by atoms with E-state index >= 15 is 0 Å². The van der Waals surface area contributed by atoms with Crippen molar-refractivity contribution in [3.63, 3.8) is 0 Å². The van der Waals surface area contributed by atoms with E-state index in [1.165, 1.54) is 18.6 Å². The minimum absolute atomic E-state index is 0.109. The van der Waals surface area contributed by atoms with Crippen molar-refractivity contribution in [2.45, 2.75) is 19.8 Å². The van der Waals surface area contributed by atoms with E-state index < -0.39 is 0 Å². The lowest BCUT2D eigenvalue weighted by molar-refractivity contribution is -0.116. The summed E-state index contributed by atoms with van der Waals surface area (Å²) in [4.78, 5) is 22.8. The van der Waals surface area contributed by atoms with E-state index in [0.29, 0.717) is 6.54 Å². The fourth-order valence-electron chi connectivity index (χ4n) is 2.41. The van der Waals surface area contributed by atoms with Crippen molar-refractivity contribution in [1.82, 2.24) is 5.32 Å². The summed E-state index contributed by atoms with van der Waals surface area (Å²) in [6.07, 6.45) is 5.03. The van der Waals surface area contributed by atoms with E-state index in [2.05, 4.69) is 10.6 Å². The summed E-state index contributed by atoms with van der Waals surface area (Å²) in [5, 5.41) is 5.58. The Labute approximate surface area is 154 Å². The van der Waals surface area contributed by atoms with Crippen molar-refractivity contribution >= 4 is 23.6 Å². The van der Waals surface area contributed by atoms with E-state index in [-0.39, 0.29) is 11.8 Å². The first-order chi connectivity index (χ1) is 12.6. The minimum atomic E-state index is -0.120. The lowest BCUT2D eigenvalue weighted by Crippen LogP contribution is -2.22. The quantitative estimate of drug-likeness (QED) is 0.565. The molecular formula is C21H24N2O3. The summed E-state index contributed by atoms with van der Waals surface area (Å²) < 4.78 is 5.13. The van der Waals surface area contributed by atoms with Gasteiger partial charge in [-0.2, -0.15) is 0 Å². The zero-order valence-corrected chi connectivity index (χ0v) is 15.1. The molecular weight excluding hydrogens is 328 g/mol. The van der Waals surface area contributed by atoms with Crippen LogP contribution in [0.4, 0.5) is 5.69 Å². The first kappa shape index (κ1) is 19.2. The van der Waals surface area contributed by atoms with Crippen molar-refractivity contribution in [3.05, 3.63) is 65.7 Å². The van der Waals surface area contributed by atoms with Gasteiger partial charge in [0.05, 0.1) is 7.11 Å². The molecule has 26 heavy (non-hydrogen) atoms. The molecule has 0 aliphatic rings. The minimum Gasteiger partial charge on any atom is -0.497 e. The second kappa shape index (κ2) is 10.0. The van der Waals surface area contributed by atoms with Crippen molar-refractivity contribution in [3.8, 4) is 5.75 Å². The number of hydrogen-bond donors (Lipinski definition) is 2. The molecule has 2 amide bonds. The number of methoxy groups -OCH3 is 1. The van der Waals surface area contributed by atoms with Gasteiger partial charge >= 0.3 is 0 Å². The lowest BCUT2D eigenvalue weighted by atomic mass is 10.1. The molecule has 2 aromatic rings. The first-order valence-electron chi connectivity index (χ1n) is 8.53. The number of rotatable bonds is 8. The molecule has 0 saturated carbocycles. The zero-order valence-electron chi connectivity index (χ0n) is 15.1. The smallest absolute Gasteiger partial charge is 0.243 e. The van der Waals surface area contributed by atoms with E-state index in [9.17, 15) is 9.59 Å². The van der Waals surface area contributed by atoms with Crippen LogP contribution < -0.4 is 15.4 Å². The van der Waals surface area contributed by atoms with Gasteiger partial charge in [-0.1, -0.05) is 24.3 Å². The van der Waals surface area contributed by atoms with Gasteiger partial charge in [0.1, 0.15) is 5.75 Å². The van der Waals surface area contributed by atoms with Gasteiger partial charge in [-0.25, -0.2) is 0 Å². The maximum absolute atomic E-state index is 11.9. The second-order valence-corrected chi connectivity index (χ2v) is 5.88. The number of carbonyl (C=O) groups is 2. The van der Waals surface area contributed by atoms with Crippen LogP contribution in [0.2, 0.25) is 0 Å². The predicted molar refractivity (Wildman–Crippen MR) is 104 cm³/mol. The van der Waals surface area contributed by atoms with E-state index in [1.54, 1.807) is 25.3 Å². The maximum atomic E-state index is 11.9. The van der Waals surface area contributed by atoms with Crippen molar-refractivity contribution in [1.29, 1.82) is 0 Å². The van der Waals surface area contributed by atoms with Crippen LogP contribution in [-0.2, 0) is 16.0 Å². The average Bonchev–Trinajstić information content (AvgIpc) is 2.65. The Hall–Kier alpha value is -3.08. The molecule has 0 fully saturated rings. The summed E-state index contributed by atoms with van der Waals surface area (Å²) in [6, 6.07) is 15.2. The first-order valence-corrected chi connectivity index (χ1v) is 8.53. The third kappa shape index (κ3) is 6.81. The summed E-state index contributed by atoms with van der Waals surface area (Å²) >= 11 is 0. The molecule has 136 valence electrons. The number of nitrogens with one attached hydrogen (secondary N) is 2. The van der Waals surface area contributed by atoms with Gasteiger partial charge < -0.3 is 15.4 Å². The van der Waals surface area contributed by atoms with Crippen LogP contribution >= 0.6 is 0 Å². The lowest BCUT2D eigenvalue weighted by Gasteiger charge is -2.04. The van der Waals surface area contributed by atoms with Crippen molar-refractivity contribution < 1.29 is 14.3 Å². The van der Waals surface area contributed by atoms with Gasteiger partial charge in [0.25, 0.3) is 0 Å². The Morgan fingerprint density at radius 3 is 2.35 bits per heavy atom. The van der Waals surface area contributed by atoms with Crippen LogP contribution in [0.1, 0.15) is 24.5 Å². The van der Waals surface area contributed by atoms with E-state index in [0.717, 1.165) is 29.8 Å². The predicted octanol–water partition coefficient (Wildman–Crippen LogP) is 3.42. The number of ether oxygens (including phenoxy) is 1. The van der Waals surface area contributed by atoms with Gasteiger partial charge in [-0.05, 0) is 54.3 Å². The molecule has 0 bridgehead atoms. The van der Waals surface area contributed by atoms with Gasteiger partial charge in [0, 0.05) is 25.2 Å². The molecule has 0 heterocycles. The van der Waals surface area contributed by atoms with Crippen LogP contribution in [-0.4, -0.2) is 25.5 Å². The molecule has 0 aliphatic carbocycles. The molecule has 5 heteroatoms. The fourth-order valence-corrected chi connectivity index (χ4v) is 2.41. The molecule has 2 aromatic carbocycles. The standard InChI is InChI=1S/C21H24N2O3/c1-16(24)23-19-10-5-18(6-11-19)9-14-21(25)22-15-3-4-17-7-12-20(26-2)13-8-17/h5-14H,3-4,15H2,1-2H3,(H,22,25)(H,23,24)/b14-9+. The molecule has 0 saturated heterocycles. The third-order valence-electron chi connectivity index (χ3n) is 3.76. The molecule has 2 rings (SSSR count). The highest BCUT2D eigenvalue weighted by Gasteiger charge is 1.98. The number of anilines is 1. The maximum Gasteiger partial charge on any atom is 0.243 e. The number of amides is 2. The molecule has 5 nitrogen and oxygen atoms in total. The molecule has 2 N–H and O–H groups in total. The SMILES string of the molecule is COc1ccc(CCCNC(=O)/C=C/c2ccc(NC(C)=O)cc2)cc1. The van der Waals surface area contributed by atoms with Crippen LogP contribution in [0.25, 0.3) is 6.08 Å². The van der Waals surface area contributed by atoms with Gasteiger partial charge in [0.15, 0.2) is 0 Å². The van der Waals surface area contributed by atoms with Gasteiger partial charge in [0.2, 0.25) is 11.8 Å². The summed E-state index contributed by atoms with van der Waals surface area (Å²) in [5.74, 6) is 0.616. The Morgan fingerprint density at radius 2 is 1.73 bits per heavy atom. The molecule has 0 aliphatic heterocycles. The molecule has 0 radical (unpaired) electrons. The largest absolute Gasteiger partial charge is 0.497 e. The third-order valence-corrected chi connectivity index (χ3v) is 3.76. The second-order valence-electron chi connectivity index (χ2n) is 5.88. The molecule has 0 unspecified atom stereocenters. The summed E-state index contributed by atoms with van der Waals surface area (Å²) in [6.45, 7) is 2.09. The highest BCUT2D eigenvalue weighted by molar-refractivity contribution is 5.92. The zero-order chi connectivity index (χ0) is 18.8. The van der Waals surface area contributed by atoms with Crippen LogP contribution in [0.15, 0.2) is 54.6 Å². The highest BCUT2D eigenvalue weighted by Crippen LogP contribution is 2.12. The Kier molecular flexibility index (Phi) is 7.43. The van der Waals surface area contributed by atoms with Crippen LogP contribution in [0.3, 0.4) is 0 Å². The van der Waals surface area contributed by atoms with Gasteiger partial charge in [-0.3, -0.25) is 9.59 Å². The Morgan fingerprint density at radius 1 is 1.04 bits per heavy atom. The molecule has 0 spiro atoms. The van der Waals surface area contributed by atoms with E-state index in [4.69, 9.17) is 4.74 Å². The number of benzene rings is 2. The topological polar surface area (TPSA) is 67.4 Å². The monoisotopic (exact) mass is 352 g/mol. The van der Waals surface area contributed by atoms with E-state index in [1.807, 2.05) is 36.4 Å². The normalized spacial score (nSPS) is 10.5. The number of aryl methyl sites for hydroxylation is 1. The van der Waals surface area contributed by atoms with Crippen LogP contribution in [0.5, 0.6) is 5.75 Å². The molecule has 0 aromatic heterocycles. The van der Waals surface area contributed by atoms with Crippen molar-refractivity contribution in [2.24, 2.45) is 0 Å². The average molecular weight is 352 g/mol. The number of carbonyl (C=O) groups excluding carboxylic acids is 2. The highest BCUT2D eigenvalue weighted by atomic mass is 16.5. The summed E-state index contributed by atoms with van der Waals surface area (Å²) in [5.41, 5.74) is 2.85.